The van der Waals surface area contributed by atoms with E-state index in [1.807, 2.05) is 24.3 Å². The van der Waals surface area contributed by atoms with Crippen LogP contribution in [0.15, 0.2) is 24.3 Å². The summed E-state index contributed by atoms with van der Waals surface area (Å²) in [6, 6.07) is 7.39. The van der Waals surface area contributed by atoms with Crippen molar-refractivity contribution in [3.8, 4) is 5.75 Å². The van der Waals surface area contributed by atoms with Crippen LogP contribution in [-0.2, 0) is 16.0 Å². The molecule has 0 bridgehead atoms. The summed E-state index contributed by atoms with van der Waals surface area (Å²) in [6.45, 7) is 0.574. The third-order valence-electron chi connectivity index (χ3n) is 6.16. The van der Waals surface area contributed by atoms with Crippen LogP contribution in [0.25, 0.3) is 0 Å². The Kier molecular flexibility index (Phi) is 4.21. The number of amides is 1. The Labute approximate surface area is 166 Å². The molecule has 1 aromatic carbocycles. The van der Waals surface area contributed by atoms with E-state index in [-0.39, 0.29) is 29.4 Å². The Morgan fingerprint density at radius 3 is 3.11 bits per heavy atom. The number of carbonyl (C=O) groups excluding carboxylic acids is 2. The predicted molar refractivity (Wildman–Crippen MR) is 103 cm³/mol. The van der Waals surface area contributed by atoms with Crippen LogP contribution in [0.3, 0.4) is 0 Å². The smallest absolute Gasteiger partial charge is 0.230 e. The number of nitrogens with one attached hydrogen (secondary N) is 1. The molecule has 1 aromatic heterocycles. The van der Waals surface area contributed by atoms with E-state index >= 15 is 0 Å². The standard InChI is InChI=1S/C20H21N3O4S/c1-26-9-7-15-22-23-19(28-15)21-18(25)16-12-6-8-20(17(12)16)10-13(24)11-4-2-3-5-14(11)27-20/h2-5,12,16-17H,6-10H2,1H3,(H,21,23,25)/t12-,16+,17-,20+/m0/s1. The van der Waals surface area contributed by atoms with Crippen molar-refractivity contribution in [1.29, 1.82) is 0 Å². The summed E-state index contributed by atoms with van der Waals surface area (Å²) < 4.78 is 11.4. The molecule has 2 aliphatic carbocycles. The van der Waals surface area contributed by atoms with Gasteiger partial charge in [0, 0.05) is 25.4 Å². The van der Waals surface area contributed by atoms with Crippen LogP contribution in [0, 0.1) is 17.8 Å². The fourth-order valence-electron chi connectivity index (χ4n) is 4.90. The third-order valence-corrected chi connectivity index (χ3v) is 7.06. The van der Waals surface area contributed by atoms with Gasteiger partial charge in [0.25, 0.3) is 0 Å². The van der Waals surface area contributed by atoms with Crippen LogP contribution in [0.2, 0.25) is 0 Å². The number of methoxy groups -OCH3 is 1. The van der Waals surface area contributed by atoms with Gasteiger partial charge in [-0.3, -0.25) is 9.59 Å². The highest BCUT2D eigenvalue weighted by Gasteiger charge is 2.70. The Morgan fingerprint density at radius 2 is 2.25 bits per heavy atom. The van der Waals surface area contributed by atoms with Crippen molar-refractivity contribution in [2.24, 2.45) is 17.8 Å². The lowest BCUT2D eigenvalue weighted by molar-refractivity contribution is -0.119. The number of ether oxygens (including phenoxy) is 2. The summed E-state index contributed by atoms with van der Waals surface area (Å²) in [7, 11) is 1.64. The number of benzene rings is 1. The molecule has 146 valence electrons. The van der Waals surface area contributed by atoms with Crippen LogP contribution in [0.5, 0.6) is 5.75 Å². The molecule has 7 nitrogen and oxygen atoms in total. The highest BCUT2D eigenvalue weighted by atomic mass is 32.1. The molecular formula is C20H21N3O4S. The van der Waals surface area contributed by atoms with Crippen LogP contribution in [-0.4, -0.2) is 41.2 Å². The summed E-state index contributed by atoms with van der Waals surface area (Å²) in [4.78, 5) is 25.5. The third kappa shape index (κ3) is 2.82. The number of ketones is 1. The number of anilines is 1. The highest BCUT2D eigenvalue weighted by Crippen LogP contribution is 2.65. The van der Waals surface area contributed by atoms with Gasteiger partial charge in [0.1, 0.15) is 16.4 Å². The van der Waals surface area contributed by atoms with Crippen LogP contribution >= 0.6 is 11.3 Å². The average Bonchev–Trinajstić information content (AvgIpc) is 3.12. The minimum Gasteiger partial charge on any atom is -0.486 e. The number of hydrogen-bond donors (Lipinski definition) is 1. The summed E-state index contributed by atoms with van der Waals surface area (Å²) >= 11 is 1.37. The first-order valence-corrected chi connectivity index (χ1v) is 10.4. The number of rotatable bonds is 5. The monoisotopic (exact) mass is 399 g/mol. The largest absolute Gasteiger partial charge is 0.486 e. The molecule has 0 saturated heterocycles. The first-order chi connectivity index (χ1) is 13.6. The van der Waals surface area contributed by atoms with Crippen LogP contribution in [0.1, 0.15) is 34.6 Å². The quantitative estimate of drug-likeness (QED) is 0.831. The van der Waals surface area contributed by atoms with E-state index in [0.717, 1.165) is 17.8 Å². The van der Waals surface area contributed by atoms with E-state index in [9.17, 15) is 9.59 Å². The second-order valence-electron chi connectivity index (χ2n) is 7.75. The summed E-state index contributed by atoms with van der Waals surface area (Å²) in [5.74, 6) is 0.957. The summed E-state index contributed by atoms with van der Waals surface area (Å²) in [5, 5.41) is 12.4. The maximum Gasteiger partial charge on any atom is 0.230 e. The summed E-state index contributed by atoms with van der Waals surface area (Å²) in [5.41, 5.74) is 0.110. The van der Waals surface area contributed by atoms with E-state index in [1.54, 1.807) is 7.11 Å². The zero-order valence-electron chi connectivity index (χ0n) is 15.5. The zero-order valence-corrected chi connectivity index (χ0v) is 16.3. The molecule has 5 rings (SSSR count). The second kappa shape index (κ2) is 6.63. The van der Waals surface area contributed by atoms with E-state index in [2.05, 4.69) is 15.5 Å². The van der Waals surface area contributed by atoms with E-state index in [4.69, 9.17) is 9.47 Å². The molecule has 2 fully saturated rings. The molecule has 8 heteroatoms. The first kappa shape index (κ1) is 17.8. The van der Waals surface area contributed by atoms with Gasteiger partial charge in [-0.15, -0.1) is 10.2 Å². The van der Waals surface area contributed by atoms with Gasteiger partial charge in [-0.1, -0.05) is 23.5 Å². The zero-order chi connectivity index (χ0) is 19.3. The van der Waals surface area contributed by atoms with Crippen molar-refractivity contribution in [1.82, 2.24) is 10.2 Å². The van der Waals surface area contributed by atoms with Crippen molar-refractivity contribution < 1.29 is 19.1 Å². The predicted octanol–water partition coefficient (Wildman–Crippen LogP) is 2.73. The van der Waals surface area contributed by atoms with Crippen molar-refractivity contribution in [3.05, 3.63) is 34.8 Å². The van der Waals surface area contributed by atoms with Crippen molar-refractivity contribution in [3.63, 3.8) is 0 Å². The van der Waals surface area contributed by atoms with Gasteiger partial charge in [-0.05, 0) is 30.9 Å². The Bertz CT molecular complexity index is 945. The van der Waals surface area contributed by atoms with Gasteiger partial charge in [-0.2, -0.15) is 0 Å². The van der Waals surface area contributed by atoms with Crippen molar-refractivity contribution >= 4 is 28.2 Å². The van der Waals surface area contributed by atoms with Crippen LogP contribution in [0.4, 0.5) is 5.13 Å². The Morgan fingerprint density at radius 1 is 1.39 bits per heavy atom. The molecule has 0 unspecified atom stereocenters. The molecular weight excluding hydrogens is 378 g/mol. The molecule has 1 spiro atoms. The first-order valence-electron chi connectivity index (χ1n) is 9.55. The average molecular weight is 399 g/mol. The number of carbonyl (C=O) groups is 2. The maximum absolute atomic E-state index is 12.8. The van der Waals surface area contributed by atoms with Gasteiger partial charge < -0.3 is 14.8 Å². The Balaban J connectivity index is 1.29. The van der Waals surface area contributed by atoms with Gasteiger partial charge >= 0.3 is 0 Å². The fraction of sp³-hybridized carbons (Fsp3) is 0.500. The molecule has 1 N–H and O–H groups in total. The number of para-hydroxylation sites is 1. The second-order valence-corrected chi connectivity index (χ2v) is 8.81. The molecule has 2 saturated carbocycles. The molecule has 1 aliphatic heterocycles. The normalized spacial score (nSPS) is 29.9. The van der Waals surface area contributed by atoms with Crippen molar-refractivity contribution in [2.75, 3.05) is 19.0 Å². The number of hydrogen-bond acceptors (Lipinski definition) is 7. The minimum atomic E-state index is -0.539. The van der Waals surface area contributed by atoms with Gasteiger partial charge in [0.15, 0.2) is 5.78 Å². The molecule has 0 radical (unpaired) electrons. The van der Waals surface area contributed by atoms with E-state index in [0.29, 0.717) is 35.9 Å². The molecule has 1 amide bonds. The van der Waals surface area contributed by atoms with Gasteiger partial charge in [0.05, 0.1) is 18.6 Å². The van der Waals surface area contributed by atoms with Gasteiger partial charge in [0.2, 0.25) is 11.0 Å². The molecule has 3 aliphatic rings. The number of aromatic nitrogens is 2. The Hall–Kier alpha value is -2.32. The molecule has 2 heterocycles. The SMILES string of the molecule is COCCc1nnc(NC(=O)[C@@H]2[C@@H]3CC[C@@]4(CC(=O)c5ccccc5O4)[C@@H]32)s1. The van der Waals surface area contributed by atoms with Crippen LogP contribution < -0.4 is 10.1 Å². The molecule has 28 heavy (non-hydrogen) atoms. The van der Waals surface area contributed by atoms with Crippen molar-refractivity contribution in [2.45, 2.75) is 31.3 Å². The highest BCUT2D eigenvalue weighted by molar-refractivity contribution is 7.15. The fourth-order valence-corrected chi connectivity index (χ4v) is 5.63. The lowest BCUT2D eigenvalue weighted by atomic mass is 9.84. The number of fused-ring (bicyclic) bond motifs is 3. The minimum absolute atomic E-state index is 0.0431. The lowest BCUT2D eigenvalue weighted by Crippen LogP contribution is -2.44. The van der Waals surface area contributed by atoms with E-state index < -0.39 is 5.60 Å². The maximum atomic E-state index is 12.8. The number of nitrogens with zero attached hydrogens (tertiary/aromatic N) is 2. The summed E-state index contributed by atoms with van der Waals surface area (Å²) in [6.07, 6.45) is 2.77. The van der Waals surface area contributed by atoms with Gasteiger partial charge in [-0.25, -0.2) is 0 Å². The lowest BCUT2D eigenvalue weighted by Gasteiger charge is -2.37. The topological polar surface area (TPSA) is 90.4 Å². The molecule has 4 atom stereocenters. The van der Waals surface area contributed by atoms with E-state index in [1.165, 1.54) is 11.3 Å². The molecule has 2 aromatic rings. The number of Topliss-reactive ketones (excluding diaryl/α,β-unsaturated/α-hetero) is 1.